The first-order valence-corrected chi connectivity index (χ1v) is 6.30. The van der Waals surface area contributed by atoms with Crippen molar-refractivity contribution >= 4 is 23.5 Å². The third-order valence-corrected chi connectivity index (χ3v) is 3.35. The number of hydrogen-bond donors (Lipinski definition) is 1. The van der Waals surface area contributed by atoms with Crippen LogP contribution in [0.5, 0.6) is 0 Å². The Bertz CT molecular complexity index is 531. The monoisotopic (exact) mass is 285 g/mol. The molecule has 1 aromatic rings. The van der Waals surface area contributed by atoms with E-state index in [9.17, 15) is 14.0 Å². The summed E-state index contributed by atoms with van der Waals surface area (Å²) in [5, 5.41) is 9.22. The largest absolute Gasteiger partial charge is 0.480 e. The van der Waals surface area contributed by atoms with E-state index in [0.29, 0.717) is 0 Å². The Labute approximate surface area is 114 Å². The van der Waals surface area contributed by atoms with Gasteiger partial charge in [0.25, 0.3) is 5.91 Å². The number of carbonyl (C=O) groups is 2. The first-order valence-electron chi connectivity index (χ1n) is 5.92. The average molecular weight is 286 g/mol. The maximum Gasteiger partial charge on any atom is 0.326 e. The number of carbonyl (C=O) groups excluding carboxylic acids is 1. The zero-order chi connectivity index (χ0) is 14.2. The highest BCUT2D eigenvalue weighted by Gasteiger charge is 2.39. The lowest BCUT2D eigenvalue weighted by Crippen LogP contribution is -2.45. The first kappa shape index (κ1) is 13.8. The smallest absolute Gasteiger partial charge is 0.326 e. The zero-order valence-corrected chi connectivity index (χ0v) is 11.0. The molecule has 0 aromatic heterocycles. The fourth-order valence-electron chi connectivity index (χ4n) is 1.93. The van der Waals surface area contributed by atoms with E-state index in [1.54, 1.807) is 0 Å². The maximum atomic E-state index is 13.7. The topological polar surface area (TPSA) is 57.6 Å². The summed E-state index contributed by atoms with van der Waals surface area (Å²) in [7, 11) is 0. The Balaban J connectivity index is 2.31. The van der Waals surface area contributed by atoms with Crippen LogP contribution in [-0.2, 0) is 4.79 Å². The number of rotatable bonds is 4. The van der Waals surface area contributed by atoms with Gasteiger partial charge in [-0.15, -0.1) is 0 Å². The summed E-state index contributed by atoms with van der Waals surface area (Å²) in [5.41, 5.74) is -0.149. The van der Waals surface area contributed by atoms with Crippen LogP contribution in [0.1, 0.15) is 30.1 Å². The molecule has 0 radical (unpaired) electrons. The second-order valence-electron chi connectivity index (χ2n) is 4.58. The van der Waals surface area contributed by atoms with E-state index >= 15 is 0 Å². The summed E-state index contributed by atoms with van der Waals surface area (Å²) < 4.78 is 13.7. The van der Waals surface area contributed by atoms with Crippen LogP contribution in [-0.4, -0.2) is 34.0 Å². The Kier molecular flexibility index (Phi) is 3.75. The van der Waals surface area contributed by atoms with Crippen LogP contribution < -0.4 is 0 Å². The average Bonchev–Trinajstić information content (AvgIpc) is 3.13. The highest BCUT2D eigenvalue weighted by molar-refractivity contribution is 6.30. The lowest BCUT2D eigenvalue weighted by molar-refractivity contribution is -0.141. The van der Waals surface area contributed by atoms with Crippen molar-refractivity contribution in [2.45, 2.75) is 31.8 Å². The van der Waals surface area contributed by atoms with Crippen molar-refractivity contribution in [2.24, 2.45) is 0 Å². The second kappa shape index (κ2) is 5.17. The van der Waals surface area contributed by atoms with Crippen molar-refractivity contribution in [3.63, 3.8) is 0 Å². The molecule has 1 N–H and O–H groups in total. The molecule has 1 aromatic carbocycles. The van der Waals surface area contributed by atoms with Crippen molar-refractivity contribution < 1.29 is 19.1 Å². The van der Waals surface area contributed by atoms with E-state index in [2.05, 4.69) is 0 Å². The van der Waals surface area contributed by atoms with E-state index in [4.69, 9.17) is 16.7 Å². The van der Waals surface area contributed by atoms with Gasteiger partial charge in [0.05, 0.1) is 5.56 Å². The van der Waals surface area contributed by atoms with Crippen molar-refractivity contribution in [2.75, 3.05) is 0 Å². The number of hydrogen-bond acceptors (Lipinski definition) is 2. The molecule has 0 aliphatic heterocycles. The molecule has 1 aliphatic rings. The minimum atomic E-state index is -1.10. The standard InChI is InChI=1S/C13H13ClFNO3/c1-7(13(18)19)16(9-3-4-9)12(17)10-5-2-8(14)6-11(10)15/h2,5-7,9H,3-4H2,1H3,(H,18,19). The van der Waals surface area contributed by atoms with Crippen molar-refractivity contribution in [3.8, 4) is 0 Å². The molecule has 6 heteroatoms. The predicted octanol–water partition coefficient (Wildman–Crippen LogP) is 2.56. The fourth-order valence-corrected chi connectivity index (χ4v) is 2.09. The van der Waals surface area contributed by atoms with Gasteiger partial charge in [-0.3, -0.25) is 4.79 Å². The third kappa shape index (κ3) is 2.87. The summed E-state index contributed by atoms with van der Waals surface area (Å²) in [5.74, 6) is -2.44. The molecule has 2 rings (SSSR count). The minimum absolute atomic E-state index is 0.117. The van der Waals surface area contributed by atoms with Gasteiger partial charge in [-0.05, 0) is 38.0 Å². The van der Waals surface area contributed by atoms with E-state index in [1.165, 1.54) is 24.0 Å². The normalized spacial score (nSPS) is 15.9. The number of aliphatic carboxylic acids is 1. The summed E-state index contributed by atoms with van der Waals surface area (Å²) >= 11 is 5.63. The lowest BCUT2D eigenvalue weighted by Gasteiger charge is -2.26. The molecule has 0 heterocycles. The molecule has 0 spiro atoms. The molecule has 1 aliphatic carbocycles. The van der Waals surface area contributed by atoms with Gasteiger partial charge < -0.3 is 10.0 Å². The molecular formula is C13H13ClFNO3. The lowest BCUT2D eigenvalue weighted by atomic mass is 10.1. The molecule has 1 unspecified atom stereocenters. The van der Waals surface area contributed by atoms with Crippen molar-refractivity contribution in [3.05, 3.63) is 34.6 Å². The van der Waals surface area contributed by atoms with Crippen molar-refractivity contribution in [1.82, 2.24) is 4.90 Å². The van der Waals surface area contributed by atoms with Crippen LogP contribution in [0, 0.1) is 5.82 Å². The predicted molar refractivity (Wildman–Crippen MR) is 67.7 cm³/mol. The highest BCUT2D eigenvalue weighted by Crippen LogP contribution is 2.31. The number of carboxylic acid groups (broad SMARTS) is 1. The Morgan fingerprint density at radius 3 is 2.58 bits per heavy atom. The van der Waals surface area contributed by atoms with Crippen LogP contribution in [0.3, 0.4) is 0 Å². The van der Waals surface area contributed by atoms with Gasteiger partial charge in [-0.2, -0.15) is 0 Å². The molecule has 1 amide bonds. The second-order valence-corrected chi connectivity index (χ2v) is 5.02. The highest BCUT2D eigenvalue weighted by atomic mass is 35.5. The van der Waals surface area contributed by atoms with Crippen LogP contribution >= 0.6 is 11.6 Å². The summed E-state index contributed by atoms with van der Waals surface area (Å²) in [4.78, 5) is 24.6. The first-order chi connectivity index (χ1) is 8.91. The number of nitrogens with zero attached hydrogens (tertiary/aromatic N) is 1. The van der Waals surface area contributed by atoms with E-state index in [1.807, 2.05) is 0 Å². The molecule has 1 saturated carbocycles. The molecule has 102 valence electrons. The van der Waals surface area contributed by atoms with Gasteiger partial charge >= 0.3 is 5.97 Å². The maximum absolute atomic E-state index is 13.7. The minimum Gasteiger partial charge on any atom is -0.480 e. The van der Waals surface area contributed by atoms with E-state index < -0.39 is 23.7 Å². The Morgan fingerprint density at radius 2 is 2.11 bits per heavy atom. The Morgan fingerprint density at radius 1 is 1.47 bits per heavy atom. The molecule has 4 nitrogen and oxygen atoms in total. The Hall–Kier alpha value is -1.62. The summed E-state index contributed by atoms with van der Waals surface area (Å²) in [6.45, 7) is 1.42. The fraction of sp³-hybridized carbons (Fsp3) is 0.385. The third-order valence-electron chi connectivity index (χ3n) is 3.11. The molecule has 1 fully saturated rings. The zero-order valence-electron chi connectivity index (χ0n) is 10.3. The van der Waals surface area contributed by atoms with Gasteiger partial charge in [0, 0.05) is 11.1 Å². The SMILES string of the molecule is CC(C(=O)O)N(C(=O)c1ccc(Cl)cc1F)C1CC1. The summed E-state index contributed by atoms with van der Waals surface area (Å²) in [6, 6.07) is 2.65. The van der Waals surface area contributed by atoms with Gasteiger partial charge in [0.2, 0.25) is 0 Å². The van der Waals surface area contributed by atoms with E-state index in [0.717, 1.165) is 18.9 Å². The van der Waals surface area contributed by atoms with Gasteiger partial charge in [-0.1, -0.05) is 11.6 Å². The molecule has 0 saturated heterocycles. The van der Waals surface area contributed by atoms with Gasteiger partial charge in [0.15, 0.2) is 0 Å². The molecule has 19 heavy (non-hydrogen) atoms. The molecular weight excluding hydrogens is 273 g/mol. The van der Waals surface area contributed by atoms with Crippen LogP contribution in [0.25, 0.3) is 0 Å². The van der Waals surface area contributed by atoms with Gasteiger partial charge in [-0.25, -0.2) is 9.18 Å². The number of amides is 1. The molecule has 1 atom stereocenters. The van der Waals surface area contributed by atoms with Gasteiger partial charge in [0.1, 0.15) is 11.9 Å². The number of halogens is 2. The van der Waals surface area contributed by atoms with Crippen LogP contribution in [0.2, 0.25) is 5.02 Å². The van der Waals surface area contributed by atoms with Crippen LogP contribution in [0.15, 0.2) is 18.2 Å². The van der Waals surface area contributed by atoms with Crippen LogP contribution in [0.4, 0.5) is 4.39 Å². The van der Waals surface area contributed by atoms with E-state index in [-0.39, 0.29) is 16.6 Å². The quantitative estimate of drug-likeness (QED) is 0.925. The number of carboxylic acids is 1. The number of benzene rings is 1. The summed E-state index contributed by atoms with van der Waals surface area (Å²) in [6.07, 6.45) is 1.50. The molecule has 0 bridgehead atoms. The van der Waals surface area contributed by atoms with Crippen molar-refractivity contribution in [1.29, 1.82) is 0 Å².